The molecule has 0 unspecified atom stereocenters. The third kappa shape index (κ3) is 2.89. The second-order valence-corrected chi connectivity index (χ2v) is 4.26. The summed E-state index contributed by atoms with van der Waals surface area (Å²) in [7, 11) is 1.72. The highest BCUT2D eigenvalue weighted by molar-refractivity contribution is 6.30. The van der Waals surface area contributed by atoms with Crippen molar-refractivity contribution in [3.8, 4) is 0 Å². The number of carbonyl (C=O) groups excluding carboxylic acids is 1. The summed E-state index contributed by atoms with van der Waals surface area (Å²) < 4.78 is 13.2. The molecule has 0 spiro atoms. The van der Waals surface area contributed by atoms with Gasteiger partial charge in [-0.2, -0.15) is 0 Å². The summed E-state index contributed by atoms with van der Waals surface area (Å²) in [5, 5.41) is 3.11. The standard InChI is InChI=1S/C11H12ClFN2O.ClH/c1-15(8-5-14-6-8)11(16)7-2-3-9(12)10(13)4-7;/h2-4,8,14H,5-6H2,1H3;1H. The molecule has 1 N–H and O–H groups in total. The van der Waals surface area contributed by atoms with Crippen molar-refractivity contribution in [3.05, 3.63) is 34.6 Å². The Bertz CT molecular complexity index is 424. The van der Waals surface area contributed by atoms with Crippen LogP contribution in [0.25, 0.3) is 0 Å². The molecule has 0 bridgehead atoms. The summed E-state index contributed by atoms with van der Waals surface area (Å²) in [5.41, 5.74) is 0.330. The van der Waals surface area contributed by atoms with E-state index in [1.165, 1.54) is 18.2 Å². The van der Waals surface area contributed by atoms with Crippen LogP contribution in [-0.2, 0) is 0 Å². The largest absolute Gasteiger partial charge is 0.336 e. The zero-order valence-corrected chi connectivity index (χ0v) is 10.8. The first-order valence-electron chi connectivity index (χ1n) is 5.02. The molecular formula is C11H13Cl2FN2O. The molecule has 0 saturated carbocycles. The Hall–Kier alpha value is -0.840. The van der Waals surface area contributed by atoms with E-state index in [4.69, 9.17) is 11.6 Å². The average molecular weight is 279 g/mol. The molecule has 94 valence electrons. The number of likely N-dealkylation sites (N-methyl/N-ethyl adjacent to an activating group) is 1. The van der Waals surface area contributed by atoms with Crippen LogP contribution in [0.15, 0.2) is 18.2 Å². The molecule has 0 radical (unpaired) electrons. The lowest BCUT2D eigenvalue weighted by Crippen LogP contribution is -2.57. The molecule has 1 saturated heterocycles. The maximum atomic E-state index is 13.2. The van der Waals surface area contributed by atoms with Gasteiger partial charge in [-0.25, -0.2) is 4.39 Å². The van der Waals surface area contributed by atoms with Crippen LogP contribution in [0.2, 0.25) is 5.02 Å². The van der Waals surface area contributed by atoms with E-state index in [1.807, 2.05) is 0 Å². The first-order valence-corrected chi connectivity index (χ1v) is 5.40. The molecule has 0 aromatic heterocycles. The van der Waals surface area contributed by atoms with E-state index in [1.54, 1.807) is 11.9 Å². The molecule has 2 rings (SSSR count). The van der Waals surface area contributed by atoms with E-state index in [-0.39, 0.29) is 29.4 Å². The fourth-order valence-corrected chi connectivity index (χ4v) is 1.66. The molecule has 0 aliphatic carbocycles. The van der Waals surface area contributed by atoms with Crippen LogP contribution in [-0.4, -0.2) is 37.0 Å². The van der Waals surface area contributed by atoms with Gasteiger partial charge in [-0.1, -0.05) is 11.6 Å². The zero-order valence-electron chi connectivity index (χ0n) is 9.24. The Morgan fingerprint density at radius 1 is 1.53 bits per heavy atom. The van der Waals surface area contributed by atoms with Gasteiger partial charge < -0.3 is 10.2 Å². The Kier molecular flexibility index (Phi) is 4.74. The molecule has 1 fully saturated rings. The van der Waals surface area contributed by atoms with Gasteiger partial charge in [0.15, 0.2) is 0 Å². The van der Waals surface area contributed by atoms with Gasteiger partial charge in [0.1, 0.15) is 5.82 Å². The minimum atomic E-state index is -0.562. The number of carbonyl (C=O) groups is 1. The number of amides is 1. The summed E-state index contributed by atoms with van der Waals surface area (Å²) in [6, 6.07) is 4.31. The van der Waals surface area contributed by atoms with Crippen LogP contribution in [0.5, 0.6) is 0 Å². The van der Waals surface area contributed by atoms with Crippen molar-refractivity contribution in [2.45, 2.75) is 6.04 Å². The molecule has 1 aromatic carbocycles. The number of hydrogen-bond donors (Lipinski definition) is 1. The molecule has 1 heterocycles. The van der Waals surface area contributed by atoms with E-state index >= 15 is 0 Å². The predicted octanol–water partition coefficient (Wildman–Crippen LogP) is 1.94. The lowest BCUT2D eigenvalue weighted by molar-refractivity contribution is 0.0680. The van der Waals surface area contributed by atoms with Gasteiger partial charge in [-0.05, 0) is 18.2 Å². The Morgan fingerprint density at radius 3 is 2.65 bits per heavy atom. The van der Waals surface area contributed by atoms with Crippen molar-refractivity contribution in [3.63, 3.8) is 0 Å². The first-order chi connectivity index (χ1) is 7.59. The van der Waals surface area contributed by atoms with E-state index in [0.717, 1.165) is 13.1 Å². The number of hydrogen-bond acceptors (Lipinski definition) is 2. The van der Waals surface area contributed by atoms with Crippen molar-refractivity contribution in [1.29, 1.82) is 0 Å². The molecule has 0 atom stereocenters. The van der Waals surface area contributed by atoms with E-state index < -0.39 is 5.82 Å². The van der Waals surface area contributed by atoms with Crippen LogP contribution in [0.3, 0.4) is 0 Å². The van der Waals surface area contributed by atoms with Crippen LogP contribution >= 0.6 is 24.0 Å². The van der Waals surface area contributed by atoms with E-state index in [2.05, 4.69) is 5.32 Å². The quantitative estimate of drug-likeness (QED) is 0.897. The number of halogens is 3. The maximum absolute atomic E-state index is 13.2. The second-order valence-electron chi connectivity index (χ2n) is 3.86. The number of rotatable bonds is 2. The molecule has 3 nitrogen and oxygen atoms in total. The Morgan fingerprint density at radius 2 is 2.18 bits per heavy atom. The van der Waals surface area contributed by atoms with Gasteiger partial charge >= 0.3 is 0 Å². The van der Waals surface area contributed by atoms with Crippen molar-refractivity contribution in [2.75, 3.05) is 20.1 Å². The summed E-state index contributed by atoms with van der Waals surface area (Å²) >= 11 is 5.56. The van der Waals surface area contributed by atoms with Gasteiger partial charge in [0.25, 0.3) is 5.91 Å². The average Bonchev–Trinajstić information content (AvgIpc) is 2.18. The Labute approximate surface area is 110 Å². The number of nitrogens with zero attached hydrogens (tertiary/aromatic N) is 1. The van der Waals surface area contributed by atoms with Crippen LogP contribution in [0.4, 0.5) is 4.39 Å². The van der Waals surface area contributed by atoms with Crippen molar-refractivity contribution in [1.82, 2.24) is 10.2 Å². The molecule has 1 aliphatic rings. The summed E-state index contributed by atoms with van der Waals surface area (Å²) in [4.78, 5) is 13.6. The monoisotopic (exact) mass is 278 g/mol. The van der Waals surface area contributed by atoms with Crippen LogP contribution in [0.1, 0.15) is 10.4 Å². The molecule has 1 aliphatic heterocycles. The highest BCUT2D eigenvalue weighted by atomic mass is 35.5. The molecular weight excluding hydrogens is 266 g/mol. The number of benzene rings is 1. The smallest absolute Gasteiger partial charge is 0.254 e. The maximum Gasteiger partial charge on any atom is 0.254 e. The fourth-order valence-electron chi connectivity index (χ4n) is 1.55. The predicted molar refractivity (Wildman–Crippen MR) is 67.4 cm³/mol. The highest BCUT2D eigenvalue weighted by Gasteiger charge is 2.26. The number of nitrogens with one attached hydrogen (secondary N) is 1. The molecule has 1 amide bonds. The third-order valence-corrected chi connectivity index (χ3v) is 3.10. The lowest BCUT2D eigenvalue weighted by Gasteiger charge is -2.35. The van der Waals surface area contributed by atoms with Crippen molar-refractivity contribution >= 4 is 29.9 Å². The van der Waals surface area contributed by atoms with Crippen molar-refractivity contribution < 1.29 is 9.18 Å². The topological polar surface area (TPSA) is 32.3 Å². The van der Waals surface area contributed by atoms with Gasteiger partial charge in [0, 0.05) is 25.7 Å². The van der Waals surface area contributed by atoms with Crippen LogP contribution < -0.4 is 5.32 Å². The van der Waals surface area contributed by atoms with Crippen molar-refractivity contribution in [2.24, 2.45) is 0 Å². The van der Waals surface area contributed by atoms with Gasteiger partial charge in [-0.3, -0.25) is 4.79 Å². The minimum absolute atomic E-state index is 0. The van der Waals surface area contributed by atoms with E-state index in [9.17, 15) is 9.18 Å². The molecule has 6 heteroatoms. The zero-order chi connectivity index (χ0) is 11.7. The molecule has 17 heavy (non-hydrogen) atoms. The van der Waals surface area contributed by atoms with Gasteiger partial charge in [-0.15, -0.1) is 12.4 Å². The Balaban J connectivity index is 0.00000144. The SMILES string of the molecule is CN(C(=O)c1ccc(Cl)c(F)c1)C1CNC1.Cl. The first kappa shape index (κ1) is 14.2. The minimum Gasteiger partial charge on any atom is -0.336 e. The molecule has 1 aromatic rings. The highest BCUT2D eigenvalue weighted by Crippen LogP contribution is 2.17. The summed E-state index contributed by atoms with van der Waals surface area (Å²) in [6.07, 6.45) is 0. The third-order valence-electron chi connectivity index (χ3n) is 2.79. The second kappa shape index (κ2) is 5.67. The normalized spacial score (nSPS) is 14.8. The van der Waals surface area contributed by atoms with E-state index in [0.29, 0.717) is 5.56 Å². The summed E-state index contributed by atoms with van der Waals surface area (Å²) in [5.74, 6) is -0.741. The van der Waals surface area contributed by atoms with Crippen LogP contribution in [0, 0.1) is 5.82 Å². The fraction of sp³-hybridized carbons (Fsp3) is 0.364. The van der Waals surface area contributed by atoms with Gasteiger partial charge in [0.2, 0.25) is 0 Å². The summed E-state index contributed by atoms with van der Waals surface area (Å²) in [6.45, 7) is 1.58. The van der Waals surface area contributed by atoms with Gasteiger partial charge in [0.05, 0.1) is 11.1 Å². The lowest BCUT2D eigenvalue weighted by atomic mass is 10.1.